The predicted molar refractivity (Wildman–Crippen MR) is 106 cm³/mol. The molecule has 0 fully saturated rings. The van der Waals surface area contributed by atoms with Crippen LogP contribution in [0, 0.1) is 6.92 Å². The van der Waals surface area contributed by atoms with Crippen LogP contribution in [0.15, 0.2) is 42.7 Å². The fraction of sp³-hybridized carbons (Fsp3) is 0.333. The molecule has 1 amide bonds. The Morgan fingerprint density at radius 3 is 2.44 bits per heavy atom. The first kappa shape index (κ1) is 23.3. The summed E-state index contributed by atoms with van der Waals surface area (Å²) in [4.78, 5) is 16.3. The topological polar surface area (TPSA) is 63.2 Å². The summed E-state index contributed by atoms with van der Waals surface area (Å²) < 4.78 is 4.94. The number of benzene rings is 1. The maximum absolute atomic E-state index is 12.2. The second-order valence-electron chi connectivity index (χ2n) is 5.33. The number of amides is 1. The number of rotatable bonds is 8. The highest BCUT2D eigenvalue weighted by atomic mass is 35.5. The van der Waals surface area contributed by atoms with Crippen LogP contribution in [0.25, 0.3) is 11.1 Å². The number of aryl methyl sites for hydroxylation is 1. The lowest BCUT2D eigenvalue weighted by Crippen LogP contribution is -2.33. The Bertz CT molecular complexity index is 636. The van der Waals surface area contributed by atoms with E-state index in [0.29, 0.717) is 25.3 Å². The predicted octanol–water partition coefficient (Wildman–Crippen LogP) is 2.87. The van der Waals surface area contributed by atoms with Gasteiger partial charge >= 0.3 is 0 Å². The van der Waals surface area contributed by atoms with Crippen molar-refractivity contribution in [3.63, 3.8) is 0 Å². The monoisotopic (exact) mass is 385 g/mol. The Morgan fingerprint density at radius 1 is 1.04 bits per heavy atom. The molecule has 2 aromatic rings. The van der Waals surface area contributed by atoms with Gasteiger partial charge in [0.25, 0.3) is 5.91 Å². The van der Waals surface area contributed by atoms with Crippen molar-refractivity contribution in [3.05, 3.63) is 53.9 Å². The average Bonchev–Trinajstić information content (AvgIpc) is 2.58. The molecule has 25 heavy (non-hydrogen) atoms. The molecule has 2 rings (SSSR count). The highest BCUT2D eigenvalue weighted by Gasteiger charge is 2.07. The standard InChI is InChI=1S/C18H23N3O2.2ClH/c1-14-3-5-15(6-4-14)16-11-17(13-20-12-16)18(22)21-8-7-19-9-10-23-2;;/h3-6,11-13,19H,7-10H2,1-2H3,(H,21,22);2*1H. The Kier molecular flexibility index (Phi) is 11.8. The van der Waals surface area contributed by atoms with Crippen LogP contribution in [0.2, 0.25) is 0 Å². The summed E-state index contributed by atoms with van der Waals surface area (Å²) in [6, 6.07) is 10.0. The van der Waals surface area contributed by atoms with Gasteiger partial charge in [-0.25, -0.2) is 0 Å². The molecule has 0 spiro atoms. The smallest absolute Gasteiger partial charge is 0.252 e. The molecule has 0 unspecified atom stereocenters. The van der Waals surface area contributed by atoms with Crippen LogP contribution in [0.1, 0.15) is 15.9 Å². The first-order valence-corrected chi connectivity index (χ1v) is 7.70. The van der Waals surface area contributed by atoms with E-state index >= 15 is 0 Å². The van der Waals surface area contributed by atoms with Crippen molar-refractivity contribution in [3.8, 4) is 11.1 Å². The number of hydrogen-bond acceptors (Lipinski definition) is 4. The van der Waals surface area contributed by atoms with Crippen molar-refractivity contribution in [2.24, 2.45) is 0 Å². The highest BCUT2D eigenvalue weighted by Crippen LogP contribution is 2.19. The zero-order chi connectivity index (χ0) is 16.5. The van der Waals surface area contributed by atoms with E-state index in [0.717, 1.165) is 17.7 Å². The van der Waals surface area contributed by atoms with Crippen molar-refractivity contribution < 1.29 is 9.53 Å². The van der Waals surface area contributed by atoms with Crippen molar-refractivity contribution in [1.29, 1.82) is 0 Å². The highest BCUT2D eigenvalue weighted by molar-refractivity contribution is 5.95. The molecule has 0 bridgehead atoms. The summed E-state index contributed by atoms with van der Waals surface area (Å²) in [5.74, 6) is -0.111. The van der Waals surface area contributed by atoms with Gasteiger partial charge in [0, 0.05) is 44.7 Å². The van der Waals surface area contributed by atoms with Crippen molar-refractivity contribution >= 4 is 30.7 Å². The lowest BCUT2D eigenvalue weighted by Gasteiger charge is -2.08. The molecule has 1 aromatic carbocycles. The van der Waals surface area contributed by atoms with E-state index in [2.05, 4.69) is 15.6 Å². The van der Waals surface area contributed by atoms with Crippen LogP contribution in [-0.4, -0.2) is 44.2 Å². The maximum atomic E-state index is 12.2. The number of aromatic nitrogens is 1. The fourth-order valence-corrected chi connectivity index (χ4v) is 2.13. The van der Waals surface area contributed by atoms with Crippen molar-refractivity contribution in [2.45, 2.75) is 6.92 Å². The minimum Gasteiger partial charge on any atom is -0.383 e. The normalized spacial score (nSPS) is 9.68. The molecule has 0 aliphatic carbocycles. The van der Waals surface area contributed by atoms with E-state index in [9.17, 15) is 4.79 Å². The molecule has 0 atom stereocenters. The van der Waals surface area contributed by atoms with E-state index in [-0.39, 0.29) is 30.7 Å². The quantitative estimate of drug-likeness (QED) is 0.685. The molecule has 0 radical (unpaired) electrons. The van der Waals surface area contributed by atoms with Gasteiger partial charge in [-0.15, -0.1) is 24.8 Å². The molecule has 1 aromatic heterocycles. The zero-order valence-corrected chi connectivity index (χ0v) is 16.1. The average molecular weight is 386 g/mol. The third-order valence-electron chi connectivity index (χ3n) is 3.46. The van der Waals surface area contributed by atoms with Gasteiger partial charge in [-0.3, -0.25) is 9.78 Å². The van der Waals surface area contributed by atoms with Gasteiger partial charge in [0.05, 0.1) is 12.2 Å². The third-order valence-corrected chi connectivity index (χ3v) is 3.46. The molecule has 2 N–H and O–H groups in total. The lowest BCUT2D eigenvalue weighted by molar-refractivity contribution is 0.0953. The van der Waals surface area contributed by atoms with Gasteiger partial charge in [-0.2, -0.15) is 0 Å². The Labute approximate surface area is 161 Å². The number of carbonyl (C=O) groups is 1. The summed E-state index contributed by atoms with van der Waals surface area (Å²) in [6.45, 7) is 4.76. The molecule has 0 saturated carbocycles. The Hall–Kier alpha value is -1.66. The van der Waals surface area contributed by atoms with Gasteiger partial charge in [0.2, 0.25) is 0 Å². The number of nitrogens with one attached hydrogen (secondary N) is 2. The molecular formula is C18H25Cl2N3O2. The number of methoxy groups -OCH3 is 1. The second-order valence-corrected chi connectivity index (χ2v) is 5.33. The SMILES string of the molecule is COCCNCCNC(=O)c1cncc(-c2ccc(C)cc2)c1.Cl.Cl. The van der Waals surface area contributed by atoms with Crippen LogP contribution < -0.4 is 10.6 Å². The van der Waals surface area contributed by atoms with Crippen LogP contribution >= 0.6 is 24.8 Å². The van der Waals surface area contributed by atoms with Gasteiger partial charge < -0.3 is 15.4 Å². The number of halogens is 2. The van der Waals surface area contributed by atoms with E-state index < -0.39 is 0 Å². The minimum absolute atomic E-state index is 0. The largest absolute Gasteiger partial charge is 0.383 e. The summed E-state index contributed by atoms with van der Waals surface area (Å²) in [5.41, 5.74) is 3.77. The minimum atomic E-state index is -0.111. The number of carbonyl (C=O) groups excluding carboxylic acids is 1. The number of hydrogen-bond donors (Lipinski definition) is 2. The van der Waals surface area contributed by atoms with Gasteiger partial charge in [0.1, 0.15) is 0 Å². The van der Waals surface area contributed by atoms with E-state index in [1.165, 1.54) is 5.56 Å². The fourth-order valence-electron chi connectivity index (χ4n) is 2.13. The van der Waals surface area contributed by atoms with Crippen molar-refractivity contribution in [1.82, 2.24) is 15.6 Å². The summed E-state index contributed by atoms with van der Waals surface area (Å²) in [7, 11) is 1.66. The summed E-state index contributed by atoms with van der Waals surface area (Å²) >= 11 is 0. The number of pyridine rings is 1. The molecule has 0 saturated heterocycles. The maximum Gasteiger partial charge on any atom is 0.252 e. The van der Waals surface area contributed by atoms with Crippen LogP contribution in [0.4, 0.5) is 0 Å². The van der Waals surface area contributed by atoms with E-state index in [1.807, 2.05) is 37.3 Å². The Balaban J connectivity index is 0.00000288. The van der Waals surface area contributed by atoms with E-state index in [1.54, 1.807) is 19.5 Å². The second kappa shape index (κ2) is 12.7. The van der Waals surface area contributed by atoms with Crippen molar-refractivity contribution in [2.75, 3.05) is 33.4 Å². The summed E-state index contributed by atoms with van der Waals surface area (Å²) in [5, 5.41) is 6.06. The van der Waals surface area contributed by atoms with Crippen LogP contribution in [0.3, 0.4) is 0 Å². The molecule has 7 heteroatoms. The van der Waals surface area contributed by atoms with Crippen LogP contribution in [-0.2, 0) is 4.74 Å². The van der Waals surface area contributed by atoms with Gasteiger partial charge in [0.15, 0.2) is 0 Å². The first-order chi connectivity index (χ1) is 11.2. The first-order valence-electron chi connectivity index (χ1n) is 7.70. The molecule has 0 aliphatic rings. The molecule has 1 heterocycles. The summed E-state index contributed by atoms with van der Waals surface area (Å²) in [6.07, 6.45) is 3.36. The molecular weight excluding hydrogens is 361 g/mol. The molecule has 138 valence electrons. The third kappa shape index (κ3) is 7.84. The number of nitrogens with zero attached hydrogens (tertiary/aromatic N) is 1. The van der Waals surface area contributed by atoms with Gasteiger partial charge in [-0.1, -0.05) is 29.8 Å². The van der Waals surface area contributed by atoms with Gasteiger partial charge in [-0.05, 0) is 18.6 Å². The Morgan fingerprint density at radius 2 is 1.76 bits per heavy atom. The van der Waals surface area contributed by atoms with Crippen LogP contribution in [0.5, 0.6) is 0 Å². The molecule has 0 aliphatic heterocycles. The lowest BCUT2D eigenvalue weighted by atomic mass is 10.0. The van der Waals surface area contributed by atoms with E-state index in [4.69, 9.17) is 4.74 Å². The number of ether oxygens (including phenoxy) is 1. The zero-order valence-electron chi connectivity index (χ0n) is 14.5. The molecule has 5 nitrogen and oxygen atoms in total.